The lowest BCUT2D eigenvalue weighted by Gasteiger charge is -2.25. The first-order valence-corrected chi connectivity index (χ1v) is 12.8. The van der Waals surface area contributed by atoms with Crippen LogP contribution in [-0.4, -0.2) is 52.3 Å². The number of nitrogens with one attached hydrogen (secondary N) is 1. The van der Waals surface area contributed by atoms with E-state index in [-0.39, 0.29) is 16.4 Å². The largest absolute Gasteiger partial charge is 0.363 e. The standard InChI is InChI=1S/C21H22F3N5O2S2/c1-12(14-4-3-5-15(19(14)22)20(23)24)26-21-16-10-18(25-11-17(16)27-13(2)28-21)33(30,31)29-6-8-32-9-7-29/h3-5,10-12,20H,6-9H2,1-2H3,(H,26,27,28)/t12-/m1/s1. The van der Waals surface area contributed by atoms with Crippen LogP contribution in [0.1, 0.15) is 36.3 Å². The Kier molecular flexibility index (Phi) is 6.78. The van der Waals surface area contributed by atoms with E-state index >= 15 is 0 Å². The maximum Gasteiger partial charge on any atom is 0.266 e. The number of aryl methyl sites for hydroxylation is 1. The van der Waals surface area contributed by atoms with Crippen LogP contribution in [0.5, 0.6) is 0 Å². The number of hydrogen-bond acceptors (Lipinski definition) is 7. The van der Waals surface area contributed by atoms with Crippen LogP contribution >= 0.6 is 11.8 Å². The number of pyridine rings is 1. The van der Waals surface area contributed by atoms with Crippen LogP contribution in [-0.2, 0) is 10.0 Å². The van der Waals surface area contributed by atoms with Crippen molar-refractivity contribution in [1.82, 2.24) is 19.3 Å². The van der Waals surface area contributed by atoms with Gasteiger partial charge in [0.15, 0.2) is 5.03 Å². The van der Waals surface area contributed by atoms with Gasteiger partial charge in [-0.1, -0.05) is 18.2 Å². The topological polar surface area (TPSA) is 88.1 Å². The number of sulfonamides is 1. The number of aromatic nitrogens is 3. The van der Waals surface area contributed by atoms with E-state index in [1.54, 1.807) is 25.6 Å². The highest BCUT2D eigenvalue weighted by Gasteiger charge is 2.28. The van der Waals surface area contributed by atoms with E-state index in [9.17, 15) is 21.6 Å². The molecule has 176 valence electrons. The molecule has 12 heteroatoms. The molecule has 1 aromatic carbocycles. The lowest BCUT2D eigenvalue weighted by atomic mass is 10.0. The van der Waals surface area contributed by atoms with Crippen molar-refractivity contribution in [2.75, 3.05) is 29.9 Å². The highest BCUT2D eigenvalue weighted by Crippen LogP contribution is 2.31. The van der Waals surface area contributed by atoms with Crippen LogP contribution in [0.25, 0.3) is 10.9 Å². The minimum Gasteiger partial charge on any atom is -0.363 e. The van der Waals surface area contributed by atoms with Gasteiger partial charge in [-0.3, -0.25) is 0 Å². The third kappa shape index (κ3) is 4.78. The number of alkyl halides is 2. The molecule has 2 aromatic heterocycles. The summed E-state index contributed by atoms with van der Waals surface area (Å²) >= 11 is 1.69. The van der Waals surface area contributed by atoms with Crippen LogP contribution in [0.15, 0.2) is 35.5 Å². The summed E-state index contributed by atoms with van der Waals surface area (Å²) in [5.41, 5.74) is -0.223. The molecule has 0 spiro atoms. The normalized spacial score (nSPS) is 16.3. The van der Waals surface area contributed by atoms with Gasteiger partial charge in [0.05, 0.1) is 23.3 Å². The van der Waals surface area contributed by atoms with E-state index in [4.69, 9.17) is 0 Å². The van der Waals surface area contributed by atoms with Crippen LogP contribution in [0.3, 0.4) is 0 Å². The molecule has 4 rings (SSSR count). The average Bonchev–Trinajstić information content (AvgIpc) is 2.79. The number of thioether (sulfide) groups is 1. The van der Waals surface area contributed by atoms with E-state index in [2.05, 4.69) is 20.3 Å². The molecule has 3 aromatic rings. The second kappa shape index (κ2) is 9.43. The molecule has 1 aliphatic heterocycles. The van der Waals surface area contributed by atoms with Crippen molar-refractivity contribution in [3.8, 4) is 0 Å². The molecular formula is C21H22F3N5O2S2. The van der Waals surface area contributed by atoms with Gasteiger partial charge in [-0.05, 0) is 19.9 Å². The summed E-state index contributed by atoms with van der Waals surface area (Å²) < 4.78 is 68.4. The molecule has 3 heterocycles. The summed E-state index contributed by atoms with van der Waals surface area (Å²) in [6.45, 7) is 4.07. The molecule has 0 amide bonds. The first-order chi connectivity index (χ1) is 15.7. The van der Waals surface area contributed by atoms with Crippen LogP contribution in [0.4, 0.5) is 19.0 Å². The Morgan fingerprint density at radius 2 is 1.85 bits per heavy atom. The fraction of sp³-hybridized carbons (Fsp3) is 0.381. The van der Waals surface area contributed by atoms with Gasteiger partial charge in [0.2, 0.25) is 0 Å². The van der Waals surface area contributed by atoms with Crippen LogP contribution in [0.2, 0.25) is 0 Å². The molecule has 33 heavy (non-hydrogen) atoms. The minimum absolute atomic E-state index is 0.0462. The molecule has 0 bridgehead atoms. The van der Waals surface area contributed by atoms with Crippen molar-refractivity contribution in [3.05, 3.63) is 53.2 Å². The number of rotatable bonds is 6. The highest BCUT2D eigenvalue weighted by molar-refractivity contribution is 7.99. The summed E-state index contributed by atoms with van der Waals surface area (Å²) in [6.07, 6.45) is -1.57. The summed E-state index contributed by atoms with van der Waals surface area (Å²) in [7, 11) is -3.80. The molecule has 1 fully saturated rings. The quantitative estimate of drug-likeness (QED) is 0.543. The summed E-state index contributed by atoms with van der Waals surface area (Å²) in [5, 5.41) is 3.29. The Hall–Kier alpha value is -2.44. The monoisotopic (exact) mass is 497 g/mol. The third-order valence-electron chi connectivity index (χ3n) is 5.36. The number of fused-ring (bicyclic) bond motifs is 1. The zero-order valence-electron chi connectivity index (χ0n) is 17.9. The van der Waals surface area contributed by atoms with Crippen molar-refractivity contribution in [2.45, 2.75) is 31.3 Å². The molecular weight excluding hydrogens is 475 g/mol. The number of hydrogen-bond donors (Lipinski definition) is 1. The second-order valence-corrected chi connectivity index (χ2v) is 10.7. The van der Waals surface area contributed by atoms with Gasteiger partial charge in [0.25, 0.3) is 16.4 Å². The molecule has 0 aliphatic carbocycles. The molecule has 7 nitrogen and oxygen atoms in total. The molecule has 1 N–H and O–H groups in total. The first kappa shape index (κ1) is 23.7. The van der Waals surface area contributed by atoms with Crippen molar-refractivity contribution in [1.29, 1.82) is 0 Å². The number of nitrogens with zero attached hydrogens (tertiary/aromatic N) is 4. The molecule has 1 aliphatic rings. The van der Waals surface area contributed by atoms with E-state index in [1.165, 1.54) is 28.7 Å². The minimum atomic E-state index is -3.80. The van der Waals surface area contributed by atoms with Crippen molar-refractivity contribution in [2.24, 2.45) is 0 Å². The van der Waals surface area contributed by atoms with Crippen molar-refractivity contribution >= 4 is 38.5 Å². The molecule has 0 saturated carbocycles. The van der Waals surface area contributed by atoms with E-state index < -0.39 is 33.9 Å². The lowest BCUT2D eigenvalue weighted by Crippen LogP contribution is -2.38. The van der Waals surface area contributed by atoms with Gasteiger partial charge in [-0.15, -0.1) is 0 Å². The van der Waals surface area contributed by atoms with Gasteiger partial charge in [0, 0.05) is 35.5 Å². The average molecular weight is 498 g/mol. The lowest BCUT2D eigenvalue weighted by molar-refractivity contribution is 0.146. The number of anilines is 1. The fourth-order valence-electron chi connectivity index (χ4n) is 3.65. The van der Waals surface area contributed by atoms with Gasteiger partial charge in [-0.25, -0.2) is 36.5 Å². The molecule has 0 radical (unpaired) electrons. The maximum atomic E-state index is 14.6. The third-order valence-corrected chi connectivity index (χ3v) is 8.10. The SMILES string of the molecule is Cc1nc(N[C@H](C)c2cccc(C(F)F)c2F)c2cc(S(=O)(=O)N3CCSCC3)ncc2n1. The zero-order chi connectivity index (χ0) is 23.8. The van der Waals surface area contributed by atoms with Crippen molar-refractivity contribution in [3.63, 3.8) is 0 Å². The van der Waals surface area contributed by atoms with Gasteiger partial charge >= 0.3 is 0 Å². The van der Waals surface area contributed by atoms with Crippen LogP contribution in [0, 0.1) is 12.7 Å². The van der Waals surface area contributed by atoms with Gasteiger partial charge in [0.1, 0.15) is 17.5 Å². The van der Waals surface area contributed by atoms with E-state index in [0.717, 1.165) is 6.07 Å². The molecule has 0 unspecified atom stereocenters. The smallest absolute Gasteiger partial charge is 0.266 e. The Morgan fingerprint density at radius 1 is 1.15 bits per heavy atom. The summed E-state index contributed by atoms with van der Waals surface area (Å²) in [4.78, 5) is 12.8. The zero-order valence-corrected chi connectivity index (χ0v) is 19.6. The van der Waals surface area contributed by atoms with Crippen LogP contribution < -0.4 is 5.32 Å². The van der Waals surface area contributed by atoms with Crippen molar-refractivity contribution < 1.29 is 21.6 Å². The highest BCUT2D eigenvalue weighted by atomic mass is 32.2. The number of halogens is 3. The molecule has 1 saturated heterocycles. The number of benzene rings is 1. The maximum absolute atomic E-state index is 14.6. The summed E-state index contributed by atoms with van der Waals surface area (Å²) in [6, 6.07) is 4.50. The second-order valence-electron chi connectivity index (χ2n) is 7.59. The summed E-state index contributed by atoms with van der Waals surface area (Å²) in [5.74, 6) is 1.09. The Bertz CT molecular complexity index is 1280. The van der Waals surface area contributed by atoms with Gasteiger partial charge in [-0.2, -0.15) is 16.1 Å². The Morgan fingerprint density at radius 3 is 2.55 bits per heavy atom. The van der Waals surface area contributed by atoms with E-state index in [1.807, 2.05) is 0 Å². The Labute approximate surface area is 193 Å². The molecule has 1 atom stereocenters. The Balaban J connectivity index is 1.73. The first-order valence-electron chi connectivity index (χ1n) is 10.2. The van der Waals surface area contributed by atoms with Gasteiger partial charge < -0.3 is 5.32 Å². The van der Waals surface area contributed by atoms with E-state index in [0.29, 0.717) is 41.3 Å². The fourth-order valence-corrected chi connectivity index (χ4v) is 6.17. The predicted octanol–water partition coefficient (Wildman–Crippen LogP) is 4.32. The predicted molar refractivity (Wildman–Crippen MR) is 122 cm³/mol.